The van der Waals surface area contributed by atoms with Crippen LogP contribution in [0.15, 0.2) is 0 Å². The summed E-state index contributed by atoms with van der Waals surface area (Å²) in [4.78, 5) is 0. The molecule has 0 aliphatic carbocycles. The molecule has 0 aromatic carbocycles. The van der Waals surface area contributed by atoms with Crippen LogP contribution in [0.4, 0.5) is 0 Å². The first-order valence-corrected chi connectivity index (χ1v) is 8.11. The Morgan fingerprint density at radius 1 is 1.28 bits per heavy atom. The fourth-order valence-electron chi connectivity index (χ4n) is 2.73. The Hall–Kier alpha value is -0.0800. The van der Waals surface area contributed by atoms with E-state index in [9.17, 15) is 0 Å². The van der Waals surface area contributed by atoms with Gasteiger partial charge < -0.3 is 10.1 Å². The van der Waals surface area contributed by atoms with Gasteiger partial charge in [-0.15, -0.1) is 0 Å². The zero-order valence-electron chi connectivity index (χ0n) is 12.7. The van der Waals surface area contributed by atoms with Gasteiger partial charge in [0.2, 0.25) is 0 Å². The first kappa shape index (κ1) is 16.0. The van der Waals surface area contributed by atoms with Crippen LogP contribution in [0.1, 0.15) is 72.1 Å². The average molecular weight is 255 g/mol. The van der Waals surface area contributed by atoms with Crippen LogP contribution in [0.5, 0.6) is 0 Å². The molecule has 0 aromatic heterocycles. The van der Waals surface area contributed by atoms with E-state index in [1.807, 2.05) is 0 Å². The molecule has 1 heterocycles. The Balaban J connectivity index is 2.24. The normalized spacial score (nSPS) is 23.8. The molecule has 3 atom stereocenters. The third-order valence-electron chi connectivity index (χ3n) is 4.18. The van der Waals surface area contributed by atoms with E-state index >= 15 is 0 Å². The van der Waals surface area contributed by atoms with Gasteiger partial charge in [0.05, 0.1) is 6.10 Å². The lowest BCUT2D eigenvalue weighted by Crippen LogP contribution is -2.33. The van der Waals surface area contributed by atoms with Crippen molar-refractivity contribution >= 4 is 0 Å². The van der Waals surface area contributed by atoms with Crippen molar-refractivity contribution in [3.63, 3.8) is 0 Å². The van der Waals surface area contributed by atoms with E-state index in [1.165, 1.54) is 51.4 Å². The van der Waals surface area contributed by atoms with Crippen molar-refractivity contribution in [3.8, 4) is 0 Å². The second-order valence-electron chi connectivity index (χ2n) is 5.97. The van der Waals surface area contributed by atoms with Gasteiger partial charge in [-0.1, -0.05) is 27.2 Å². The number of hydrogen-bond acceptors (Lipinski definition) is 2. The van der Waals surface area contributed by atoms with Crippen LogP contribution in [-0.2, 0) is 4.74 Å². The van der Waals surface area contributed by atoms with Gasteiger partial charge in [0.15, 0.2) is 0 Å². The summed E-state index contributed by atoms with van der Waals surface area (Å²) in [6, 6.07) is 0.699. The summed E-state index contributed by atoms with van der Waals surface area (Å²) in [7, 11) is 0. The number of nitrogens with one attached hydrogen (secondary N) is 1. The SMILES string of the molecule is CCCNC(CCC1CCCCO1)CC(C)CC. The van der Waals surface area contributed by atoms with E-state index in [-0.39, 0.29) is 0 Å². The van der Waals surface area contributed by atoms with Gasteiger partial charge >= 0.3 is 0 Å². The molecular formula is C16H33NO. The van der Waals surface area contributed by atoms with Crippen molar-refractivity contribution in [1.82, 2.24) is 5.32 Å². The fourth-order valence-corrected chi connectivity index (χ4v) is 2.73. The highest BCUT2D eigenvalue weighted by Crippen LogP contribution is 2.20. The molecule has 18 heavy (non-hydrogen) atoms. The van der Waals surface area contributed by atoms with Gasteiger partial charge in [-0.3, -0.25) is 0 Å². The van der Waals surface area contributed by atoms with E-state index in [4.69, 9.17) is 4.74 Å². The summed E-state index contributed by atoms with van der Waals surface area (Å²) in [5, 5.41) is 3.72. The number of hydrogen-bond donors (Lipinski definition) is 1. The molecule has 3 unspecified atom stereocenters. The highest BCUT2D eigenvalue weighted by Gasteiger charge is 2.17. The van der Waals surface area contributed by atoms with Crippen LogP contribution in [0.2, 0.25) is 0 Å². The number of ether oxygens (including phenoxy) is 1. The van der Waals surface area contributed by atoms with E-state index in [2.05, 4.69) is 26.1 Å². The Labute approximate surface area is 114 Å². The lowest BCUT2D eigenvalue weighted by Gasteiger charge is -2.26. The molecule has 0 saturated carbocycles. The molecule has 108 valence electrons. The van der Waals surface area contributed by atoms with Crippen molar-refractivity contribution in [2.75, 3.05) is 13.2 Å². The molecule has 1 fully saturated rings. The summed E-state index contributed by atoms with van der Waals surface area (Å²) < 4.78 is 5.84. The molecule has 1 rings (SSSR count). The molecule has 1 aliphatic rings. The van der Waals surface area contributed by atoms with E-state index in [0.717, 1.165) is 19.1 Å². The molecule has 1 aliphatic heterocycles. The molecular weight excluding hydrogens is 222 g/mol. The van der Waals surface area contributed by atoms with Gasteiger partial charge in [-0.05, 0) is 57.4 Å². The van der Waals surface area contributed by atoms with Crippen LogP contribution in [0.3, 0.4) is 0 Å². The van der Waals surface area contributed by atoms with Gasteiger partial charge in [0.1, 0.15) is 0 Å². The Morgan fingerprint density at radius 3 is 2.72 bits per heavy atom. The van der Waals surface area contributed by atoms with Gasteiger partial charge in [-0.25, -0.2) is 0 Å². The van der Waals surface area contributed by atoms with Crippen LogP contribution in [0.25, 0.3) is 0 Å². The third-order valence-corrected chi connectivity index (χ3v) is 4.18. The van der Waals surface area contributed by atoms with Crippen LogP contribution < -0.4 is 5.32 Å². The van der Waals surface area contributed by atoms with Crippen molar-refractivity contribution in [1.29, 1.82) is 0 Å². The lowest BCUT2D eigenvalue weighted by molar-refractivity contribution is 0.00820. The van der Waals surface area contributed by atoms with Gasteiger partial charge in [0.25, 0.3) is 0 Å². The van der Waals surface area contributed by atoms with Crippen molar-refractivity contribution in [3.05, 3.63) is 0 Å². The van der Waals surface area contributed by atoms with E-state index in [0.29, 0.717) is 12.1 Å². The smallest absolute Gasteiger partial charge is 0.0575 e. The molecule has 0 spiro atoms. The molecule has 0 aromatic rings. The number of rotatable bonds is 9. The first-order valence-electron chi connectivity index (χ1n) is 8.11. The monoisotopic (exact) mass is 255 g/mol. The second-order valence-corrected chi connectivity index (χ2v) is 5.97. The minimum atomic E-state index is 0.543. The minimum Gasteiger partial charge on any atom is -0.378 e. The van der Waals surface area contributed by atoms with Crippen LogP contribution in [0, 0.1) is 5.92 Å². The third kappa shape index (κ3) is 6.75. The van der Waals surface area contributed by atoms with Crippen molar-refractivity contribution in [2.24, 2.45) is 5.92 Å². The topological polar surface area (TPSA) is 21.3 Å². The highest BCUT2D eigenvalue weighted by atomic mass is 16.5. The average Bonchev–Trinajstić information content (AvgIpc) is 2.42. The zero-order valence-corrected chi connectivity index (χ0v) is 12.7. The summed E-state index contributed by atoms with van der Waals surface area (Å²) in [5.74, 6) is 0.839. The molecule has 1 saturated heterocycles. The lowest BCUT2D eigenvalue weighted by atomic mass is 9.94. The Kier molecular flexibility index (Phi) is 8.70. The Bertz CT molecular complexity index is 190. The van der Waals surface area contributed by atoms with Crippen LogP contribution >= 0.6 is 0 Å². The van der Waals surface area contributed by atoms with Gasteiger partial charge in [0, 0.05) is 12.6 Å². The highest BCUT2D eigenvalue weighted by molar-refractivity contribution is 4.73. The van der Waals surface area contributed by atoms with Crippen molar-refractivity contribution < 1.29 is 4.74 Å². The second kappa shape index (κ2) is 9.80. The minimum absolute atomic E-state index is 0.543. The molecule has 0 radical (unpaired) electrons. The summed E-state index contributed by atoms with van der Waals surface area (Å²) >= 11 is 0. The van der Waals surface area contributed by atoms with Crippen molar-refractivity contribution in [2.45, 2.75) is 84.3 Å². The quantitative estimate of drug-likeness (QED) is 0.668. The van der Waals surface area contributed by atoms with E-state index in [1.54, 1.807) is 0 Å². The predicted octanol–water partition coefficient (Wildman–Crippen LogP) is 4.14. The predicted molar refractivity (Wildman–Crippen MR) is 79.0 cm³/mol. The summed E-state index contributed by atoms with van der Waals surface area (Å²) in [6.45, 7) is 9.07. The van der Waals surface area contributed by atoms with Gasteiger partial charge in [-0.2, -0.15) is 0 Å². The zero-order chi connectivity index (χ0) is 13.2. The standard InChI is InChI=1S/C16H33NO/c1-4-11-17-15(13-14(3)5-2)9-10-16-8-6-7-12-18-16/h14-17H,4-13H2,1-3H3. The largest absolute Gasteiger partial charge is 0.378 e. The fraction of sp³-hybridized carbons (Fsp3) is 1.00. The first-order chi connectivity index (χ1) is 8.76. The molecule has 2 heteroatoms. The van der Waals surface area contributed by atoms with Crippen LogP contribution in [-0.4, -0.2) is 25.3 Å². The maximum atomic E-state index is 5.84. The van der Waals surface area contributed by atoms with E-state index < -0.39 is 0 Å². The molecule has 2 nitrogen and oxygen atoms in total. The summed E-state index contributed by atoms with van der Waals surface area (Å²) in [5.41, 5.74) is 0. The maximum Gasteiger partial charge on any atom is 0.0575 e. The molecule has 1 N–H and O–H groups in total. The Morgan fingerprint density at radius 2 is 2.11 bits per heavy atom. The molecule has 0 bridgehead atoms. The maximum absolute atomic E-state index is 5.84. The molecule has 0 amide bonds. The summed E-state index contributed by atoms with van der Waals surface area (Å²) in [6.07, 6.45) is 10.8.